The number of hydrogen-bond donors (Lipinski definition) is 0. The monoisotopic (exact) mass is 322 g/mol. The zero-order chi connectivity index (χ0) is 15.2. The molecule has 19 heavy (non-hydrogen) atoms. The van der Waals surface area contributed by atoms with E-state index in [4.69, 9.17) is 0 Å². The Morgan fingerprint density at radius 2 is 1.58 bits per heavy atom. The van der Waals surface area contributed by atoms with Crippen LogP contribution < -0.4 is 0 Å². The molecule has 0 amide bonds. The third kappa shape index (κ3) is 4.35. The molecular weight excluding hydrogens is 296 g/mol. The average molecular weight is 323 g/mol. The van der Waals surface area contributed by atoms with E-state index in [2.05, 4.69) is 75.7 Å². The van der Waals surface area contributed by atoms with E-state index in [-0.39, 0.29) is 0 Å². The Morgan fingerprint density at radius 1 is 1.05 bits per heavy atom. The summed E-state index contributed by atoms with van der Waals surface area (Å²) in [6, 6.07) is 2.25. The van der Waals surface area contributed by atoms with Gasteiger partial charge in [0.05, 0.1) is 0 Å². The first kappa shape index (κ1) is 18.2. The third-order valence-corrected chi connectivity index (χ3v) is 4.24. The van der Waals surface area contributed by atoms with Gasteiger partial charge in [-0.3, -0.25) is 0 Å². The maximum absolute atomic E-state index is 3.69. The number of allylic oxidation sites excluding steroid dienone is 4. The molecule has 1 rings (SSSR count). The summed E-state index contributed by atoms with van der Waals surface area (Å²) < 4.78 is 1.22. The summed E-state index contributed by atoms with van der Waals surface area (Å²) in [5.74, 6) is 0. The summed E-state index contributed by atoms with van der Waals surface area (Å²) in [5.41, 5.74) is 8.03. The van der Waals surface area contributed by atoms with Gasteiger partial charge in [-0.15, -0.1) is 0 Å². The lowest BCUT2D eigenvalue weighted by atomic mass is 9.91. The first-order chi connectivity index (χ1) is 8.90. The van der Waals surface area contributed by atoms with Crippen LogP contribution in [0.2, 0.25) is 0 Å². The van der Waals surface area contributed by atoms with E-state index in [1.54, 1.807) is 0 Å². The van der Waals surface area contributed by atoms with Crippen molar-refractivity contribution < 1.29 is 0 Å². The zero-order valence-corrected chi connectivity index (χ0v) is 15.2. The minimum Gasteiger partial charge on any atom is -0.0870 e. The van der Waals surface area contributed by atoms with Crippen LogP contribution in [0.1, 0.15) is 56.9 Å². The molecule has 0 heterocycles. The molecule has 0 nitrogen and oxygen atoms in total. The summed E-state index contributed by atoms with van der Waals surface area (Å²) in [6.45, 7) is 16.9. The lowest BCUT2D eigenvalue weighted by Crippen LogP contribution is -1.96. The van der Waals surface area contributed by atoms with Gasteiger partial charge in [0.1, 0.15) is 0 Å². The Balaban J connectivity index is 0.00000154. The SMILES string of the molecule is C/C=C\C(=C(C)C)c1c(C)cc(C)c(Br)c1C.CC. The van der Waals surface area contributed by atoms with Crippen LogP contribution in [-0.2, 0) is 0 Å². The van der Waals surface area contributed by atoms with Gasteiger partial charge in [-0.2, -0.15) is 0 Å². The summed E-state index contributed by atoms with van der Waals surface area (Å²) >= 11 is 3.69. The Labute approximate surface area is 127 Å². The second-order valence-electron chi connectivity index (χ2n) is 4.74. The normalized spacial score (nSPS) is 10.2. The van der Waals surface area contributed by atoms with E-state index >= 15 is 0 Å². The van der Waals surface area contributed by atoms with Gasteiger partial charge in [-0.25, -0.2) is 0 Å². The molecule has 0 aliphatic rings. The van der Waals surface area contributed by atoms with Gasteiger partial charge < -0.3 is 0 Å². The fraction of sp³-hybridized carbons (Fsp3) is 0.444. The van der Waals surface area contributed by atoms with Crippen LogP contribution in [0.5, 0.6) is 0 Å². The molecule has 0 spiro atoms. The Hall–Kier alpha value is -0.820. The van der Waals surface area contributed by atoms with E-state index in [1.807, 2.05) is 13.8 Å². The summed E-state index contributed by atoms with van der Waals surface area (Å²) in [4.78, 5) is 0. The molecule has 0 aliphatic heterocycles. The molecule has 0 unspecified atom stereocenters. The van der Waals surface area contributed by atoms with Crippen LogP contribution in [0.25, 0.3) is 5.57 Å². The van der Waals surface area contributed by atoms with E-state index in [1.165, 1.54) is 37.9 Å². The molecular formula is C18H27Br. The fourth-order valence-corrected chi connectivity index (χ4v) is 2.56. The van der Waals surface area contributed by atoms with Gasteiger partial charge in [0.25, 0.3) is 0 Å². The van der Waals surface area contributed by atoms with Crippen LogP contribution in [0.3, 0.4) is 0 Å². The molecule has 0 atom stereocenters. The quantitative estimate of drug-likeness (QED) is 0.527. The minimum absolute atomic E-state index is 1.22. The molecule has 0 aliphatic carbocycles. The smallest absolute Gasteiger partial charge is 0.0240 e. The van der Waals surface area contributed by atoms with Gasteiger partial charge in [-0.1, -0.05) is 53.6 Å². The van der Waals surface area contributed by atoms with Crippen molar-refractivity contribution in [2.45, 2.75) is 55.4 Å². The molecule has 0 bridgehead atoms. The van der Waals surface area contributed by atoms with Gasteiger partial charge in [0.2, 0.25) is 0 Å². The van der Waals surface area contributed by atoms with Crippen LogP contribution in [-0.4, -0.2) is 0 Å². The molecule has 0 saturated heterocycles. The van der Waals surface area contributed by atoms with Crippen LogP contribution in [0, 0.1) is 20.8 Å². The lowest BCUT2D eigenvalue weighted by molar-refractivity contribution is 1.25. The Morgan fingerprint density at radius 3 is 2.00 bits per heavy atom. The molecule has 0 N–H and O–H groups in total. The maximum atomic E-state index is 3.69. The Kier molecular flexibility index (Phi) is 8.01. The highest BCUT2D eigenvalue weighted by atomic mass is 79.9. The molecule has 1 aromatic rings. The summed E-state index contributed by atoms with van der Waals surface area (Å²) in [6.07, 6.45) is 4.31. The largest absolute Gasteiger partial charge is 0.0870 e. The van der Waals surface area contributed by atoms with Gasteiger partial charge in [-0.05, 0) is 69.4 Å². The fourth-order valence-electron chi connectivity index (χ4n) is 2.24. The topological polar surface area (TPSA) is 0 Å². The van der Waals surface area contributed by atoms with Crippen molar-refractivity contribution in [3.63, 3.8) is 0 Å². The van der Waals surface area contributed by atoms with Crippen molar-refractivity contribution in [3.05, 3.63) is 50.5 Å². The number of hydrogen-bond acceptors (Lipinski definition) is 0. The number of halogens is 1. The van der Waals surface area contributed by atoms with Crippen molar-refractivity contribution in [1.29, 1.82) is 0 Å². The summed E-state index contributed by atoms with van der Waals surface area (Å²) in [7, 11) is 0. The highest BCUT2D eigenvalue weighted by Crippen LogP contribution is 2.33. The molecule has 0 radical (unpaired) electrons. The molecule has 1 heteroatoms. The van der Waals surface area contributed by atoms with Gasteiger partial charge >= 0.3 is 0 Å². The third-order valence-electron chi connectivity index (χ3n) is 3.02. The van der Waals surface area contributed by atoms with Gasteiger partial charge in [0, 0.05) is 4.47 Å². The van der Waals surface area contributed by atoms with Crippen LogP contribution >= 0.6 is 15.9 Å². The van der Waals surface area contributed by atoms with Crippen molar-refractivity contribution in [2.75, 3.05) is 0 Å². The van der Waals surface area contributed by atoms with Crippen molar-refractivity contribution in [1.82, 2.24) is 0 Å². The van der Waals surface area contributed by atoms with E-state index in [9.17, 15) is 0 Å². The number of rotatable bonds is 2. The Bertz CT molecular complexity index is 487. The first-order valence-electron chi connectivity index (χ1n) is 6.97. The van der Waals surface area contributed by atoms with E-state index < -0.39 is 0 Å². The maximum Gasteiger partial charge on any atom is 0.0240 e. The average Bonchev–Trinajstić information content (AvgIpc) is 2.37. The predicted molar refractivity (Wildman–Crippen MR) is 92.8 cm³/mol. The van der Waals surface area contributed by atoms with Crippen molar-refractivity contribution in [3.8, 4) is 0 Å². The molecule has 0 fully saturated rings. The summed E-state index contributed by atoms with van der Waals surface area (Å²) in [5, 5.41) is 0. The number of aryl methyl sites for hydroxylation is 2. The standard InChI is InChI=1S/C16H21Br.C2H6/c1-7-8-14(10(2)3)15-11(4)9-12(5)16(17)13(15)6;1-2/h7-9H,1-6H3;1-2H3/b8-7-;. The second-order valence-corrected chi connectivity index (χ2v) is 5.53. The van der Waals surface area contributed by atoms with Crippen LogP contribution in [0.4, 0.5) is 0 Å². The van der Waals surface area contributed by atoms with E-state index in [0.717, 1.165) is 0 Å². The predicted octanol–water partition coefficient (Wildman–Crippen LogP) is 6.77. The molecule has 106 valence electrons. The lowest BCUT2D eigenvalue weighted by Gasteiger charge is -2.16. The van der Waals surface area contributed by atoms with Crippen LogP contribution in [0.15, 0.2) is 28.3 Å². The molecule has 1 aromatic carbocycles. The van der Waals surface area contributed by atoms with E-state index in [0.29, 0.717) is 0 Å². The van der Waals surface area contributed by atoms with Crippen molar-refractivity contribution in [2.24, 2.45) is 0 Å². The second kappa shape index (κ2) is 8.37. The minimum atomic E-state index is 1.22. The first-order valence-corrected chi connectivity index (χ1v) is 7.76. The molecule has 0 aromatic heterocycles. The highest BCUT2D eigenvalue weighted by Gasteiger charge is 2.12. The zero-order valence-electron chi connectivity index (χ0n) is 13.6. The number of benzene rings is 1. The van der Waals surface area contributed by atoms with Crippen molar-refractivity contribution >= 4 is 21.5 Å². The highest BCUT2D eigenvalue weighted by molar-refractivity contribution is 9.10. The van der Waals surface area contributed by atoms with Gasteiger partial charge in [0.15, 0.2) is 0 Å². The molecule has 0 saturated carbocycles.